The minimum atomic E-state index is -0.802. The number of hydrogen-bond acceptors (Lipinski definition) is 4. The van der Waals surface area contributed by atoms with Gasteiger partial charge in [0.1, 0.15) is 5.82 Å². The normalized spacial score (nSPS) is 15.5. The average molecular weight is 235 g/mol. The van der Waals surface area contributed by atoms with Crippen LogP contribution in [0.25, 0.3) is 0 Å². The van der Waals surface area contributed by atoms with Crippen molar-refractivity contribution in [1.82, 2.24) is 4.98 Å². The van der Waals surface area contributed by atoms with Crippen molar-refractivity contribution in [2.45, 2.75) is 6.92 Å². The summed E-state index contributed by atoms with van der Waals surface area (Å²) < 4.78 is 0. The molecule has 0 atom stereocenters. The molecule has 1 aromatic heterocycles. The number of anilines is 1. The average Bonchev–Trinajstić information content (AvgIpc) is 2.13. The number of aryl methyl sites for hydroxylation is 1. The van der Waals surface area contributed by atoms with Crippen LogP contribution in [0.15, 0.2) is 12.1 Å². The Kier molecular flexibility index (Phi) is 2.71. The molecular weight excluding hydrogens is 222 g/mol. The van der Waals surface area contributed by atoms with Crippen molar-refractivity contribution in [2.24, 2.45) is 11.7 Å². The number of carbonyl (C=O) groups excluding carboxylic acids is 1. The molecule has 1 aromatic rings. The topological polar surface area (TPSA) is 96.5 Å². The zero-order chi connectivity index (χ0) is 12.6. The van der Waals surface area contributed by atoms with Crippen molar-refractivity contribution in [3.8, 4) is 0 Å². The number of rotatable bonds is 3. The Morgan fingerprint density at radius 2 is 2.12 bits per heavy atom. The highest BCUT2D eigenvalue weighted by Crippen LogP contribution is 2.24. The van der Waals surface area contributed by atoms with Crippen LogP contribution in [0.1, 0.15) is 16.1 Å². The lowest BCUT2D eigenvalue weighted by Crippen LogP contribution is -2.50. The highest BCUT2D eigenvalue weighted by Gasteiger charge is 2.33. The third-order valence-electron chi connectivity index (χ3n) is 2.78. The van der Waals surface area contributed by atoms with E-state index in [4.69, 9.17) is 10.8 Å². The van der Waals surface area contributed by atoms with Gasteiger partial charge in [0.15, 0.2) is 0 Å². The summed E-state index contributed by atoms with van der Waals surface area (Å²) in [4.78, 5) is 27.8. The van der Waals surface area contributed by atoms with E-state index in [1.807, 2.05) is 4.90 Å². The van der Waals surface area contributed by atoms with E-state index in [2.05, 4.69) is 4.98 Å². The molecule has 0 spiro atoms. The van der Waals surface area contributed by atoms with E-state index in [0.29, 0.717) is 30.2 Å². The molecule has 1 aliphatic rings. The summed E-state index contributed by atoms with van der Waals surface area (Å²) >= 11 is 0. The summed E-state index contributed by atoms with van der Waals surface area (Å²) in [7, 11) is 0. The lowest BCUT2D eigenvalue weighted by molar-refractivity contribution is -0.142. The van der Waals surface area contributed by atoms with Crippen molar-refractivity contribution in [2.75, 3.05) is 18.0 Å². The highest BCUT2D eigenvalue weighted by atomic mass is 16.4. The molecule has 90 valence electrons. The van der Waals surface area contributed by atoms with Gasteiger partial charge in [-0.05, 0) is 19.1 Å². The Labute approximate surface area is 98.1 Å². The molecule has 0 aliphatic carbocycles. The molecule has 0 unspecified atom stereocenters. The summed E-state index contributed by atoms with van der Waals surface area (Å²) in [6.45, 7) is 2.61. The molecule has 1 fully saturated rings. The van der Waals surface area contributed by atoms with E-state index in [-0.39, 0.29) is 5.92 Å². The number of amides is 1. The number of carboxylic acid groups (broad SMARTS) is 1. The van der Waals surface area contributed by atoms with Crippen LogP contribution in [0.4, 0.5) is 5.82 Å². The van der Waals surface area contributed by atoms with Crippen LogP contribution in [0.3, 0.4) is 0 Å². The van der Waals surface area contributed by atoms with Gasteiger partial charge in [0.05, 0.1) is 5.92 Å². The first-order valence-corrected chi connectivity index (χ1v) is 5.23. The van der Waals surface area contributed by atoms with Gasteiger partial charge >= 0.3 is 5.97 Å². The smallest absolute Gasteiger partial charge is 0.310 e. The molecule has 6 heteroatoms. The first kappa shape index (κ1) is 11.4. The number of nitrogens with zero attached hydrogens (tertiary/aromatic N) is 2. The van der Waals surface area contributed by atoms with E-state index >= 15 is 0 Å². The number of primary amides is 1. The quantitative estimate of drug-likeness (QED) is 0.769. The number of carbonyl (C=O) groups is 2. The maximum atomic E-state index is 11.1. The SMILES string of the molecule is Cc1cc(C(N)=O)cc(N2CC(C(=O)O)C2)n1. The van der Waals surface area contributed by atoms with Crippen molar-refractivity contribution in [3.05, 3.63) is 23.4 Å². The lowest BCUT2D eigenvalue weighted by atomic mass is 10.0. The van der Waals surface area contributed by atoms with E-state index in [9.17, 15) is 9.59 Å². The number of aliphatic carboxylic acids is 1. The van der Waals surface area contributed by atoms with Gasteiger partial charge in [-0.2, -0.15) is 0 Å². The second kappa shape index (κ2) is 4.04. The lowest BCUT2D eigenvalue weighted by Gasteiger charge is -2.37. The molecular formula is C11H13N3O3. The molecule has 0 bridgehead atoms. The summed E-state index contributed by atoms with van der Waals surface area (Å²) in [5.74, 6) is -1.05. The monoisotopic (exact) mass is 235 g/mol. The number of nitrogens with two attached hydrogens (primary N) is 1. The standard InChI is InChI=1S/C11H13N3O3/c1-6-2-7(10(12)15)3-9(13-6)14-4-8(5-14)11(16)17/h2-3,8H,4-5H2,1H3,(H2,12,15)(H,16,17). The molecule has 2 rings (SSSR count). The Bertz CT molecular complexity index is 481. The Morgan fingerprint density at radius 1 is 1.47 bits per heavy atom. The zero-order valence-electron chi connectivity index (χ0n) is 9.38. The number of aromatic nitrogens is 1. The van der Waals surface area contributed by atoms with Crippen molar-refractivity contribution >= 4 is 17.7 Å². The van der Waals surface area contributed by atoms with E-state index in [1.54, 1.807) is 19.1 Å². The van der Waals surface area contributed by atoms with Crippen LogP contribution < -0.4 is 10.6 Å². The molecule has 0 radical (unpaired) electrons. The fourth-order valence-electron chi connectivity index (χ4n) is 1.78. The van der Waals surface area contributed by atoms with Gasteiger partial charge in [0, 0.05) is 24.3 Å². The van der Waals surface area contributed by atoms with Crippen LogP contribution in [-0.4, -0.2) is 35.1 Å². The highest BCUT2D eigenvalue weighted by molar-refractivity contribution is 5.93. The molecule has 0 saturated carbocycles. The van der Waals surface area contributed by atoms with Crippen LogP contribution in [-0.2, 0) is 4.79 Å². The van der Waals surface area contributed by atoms with Gasteiger partial charge in [0.25, 0.3) is 0 Å². The van der Waals surface area contributed by atoms with Crippen molar-refractivity contribution in [1.29, 1.82) is 0 Å². The minimum absolute atomic E-state index is 0.352. The minimum Gasteiger partial charge on any atom is -0.481 e. The predicted molar refractivity (Wildman–Crippen MR) is 60.8 cm³/mol. The Morgan fingerprint density at radius 3 is 2.65 bits per heavy atom. The molecule has 17 heavy (non-hydrogen) atoms. The summed E-state index contributed by atoms with van der Waals surface area (Å²) in [6, 6.07) is 3.20. The van der Waals surface area contributed by atoms with Gasteiger partial charge in [-0.15, -0.1) is 0 Å². The molecule has 6 nitrogen and oxygen atoms in total. The molecule has 0 aromatic carbocycles. The third-order valence-corrected chi connectivity index (χ3v) is 2.78. The van der Waals surface area contributed by atoms with Gasteiger partial charge in [-0.25, -0.2) is 4.98 Å². The molecule has 1 amide bonds. The predicted octanol–water partition coefficient (Wildman–Crippen LogP) is 0.00972. The van der Waals surface area contributed by atoms with Gasteiger partial charge in [-0.1, -0.05) is 0 Å². The fraction of sp³-hybridized carbons (Fsp3) is 0.364. The molecule has 3 N–H and O–H groups in total. The Balaban J connectivity index is 2.18. The van der Waals surface area contributed by atoms with E-state index in [0.717, 1.165) is 0 Å². The maximum Gasteiger partial charge on any atom is 0.310 e. The largest absolute Gasteiger partial charge is 0.481 e. The number of hydrogen-bond donors (Lipinski definition) is 2. The van der Waals surface area contributed by atoms with Gasteiger partial charge < -0.3 is 15.7 Å². The van der Waals surface area contributed by atoms with Crippen LogP contribution in [0.2, 0.25) is 0 Å². The fourth-order valence-corrected chi connectivity index (χ4v) is 1.78. The van der Waals surface area contributed by atoms with Gasteiger partial charge in [-0.3, -0.25) is 9.59 Å². The second-order valence-corrected chi connectivity index (χ2v) is 4.16. The van der Waals surface area contributed by atoms with Crippen LogP contribution >= 0.6 is 0 Å². The summed E-state index contributed by atoms with van der Waals surface area (Å²) in [6.07, 6.45) is 0. The molecule has 1 aliphatic heterocycles. The van der Waals surface area contributed by atoms with Gasteiger partial charge in [0.2, 0.25) is 5.91 Å². The molecule has 2 heterocycles. The van der Waals surface area contributed by atoms with Crippen molar-refractivity contribution in [3.63, 3.8) is 0 Å². The van der Waals surface area contributed by atoms with E-state index in [1.165, 1.54) is 0 Å². The zero-order valence-corrected chi connectivity index (χ0v) is 9.38. The number of carboxylic acids is 1. The first-order chi connectivity index (χ1) is 7.97. The number of pyridine rings is 1. The summed E-state index contributed by atoms with van der Waals surface area (Å²) in [5.41, 5.74) is 6.29. The van der Waals surface area contributed by atoms with Crippen LogP contribution in [0, 0.1) is 12.8 Å². The van der Waals surface area contributed by atoms with Crippen molar-refractivity contribution < 1.29 is 14.7 Å². The van der Waals surface area contributed by atoms with Crippen LogP contribution in [0.5, 0.6) is 0 Å². The Hall–Kier alpha value is -2.11. The summed E-state index contributed by atoms with van der Waals surface area (Å²) in [5, 5.41) is 8.77. The first-order valence-electron chi connectivity index (χ1n) is 5.23. The van der Waals surface area contributed by atoms with E-state index < -0.39 is 11.9 Å². The maximum absolute atomic E-state index is 11.1. The second-order valence-electron chi connectivity index (χ2n) is 4.16. The third kappa shape index (κ3) is 2.20. The molecule has 1 saturated heterocycles.